The highest BCUT2D eigenvalue weighted by atomic mass is 16.4. The van der Waals surface area contributed by atoms with Crippen molar-refractivity contribution in [1.82, 2.24) is 4.90 Å². The summed E-state index contributed by atoms with van der Waals surface area (Å²) in [5.74, 6) is -2.46. The van der Waals surface area contributed by atoms with Gasteiger partial charge in [-0.05, 0) is 41.5 Å². The number of hydrogen-bond acceptors (Lipinski definition) is 5. The molecule has 0 saturated heterocycles. The van der Waals surface area contributed by atoms with Crippen LogP contribution in [0.25, 0.3) is 0 Å². The summed E-state index contributed by atoms with van der Waals surface area (Å²) in [7, 11) is 0. The first-order valence-electron chi connectivity index (χ1n) is 9.56. The van der Waals surface area contributed by atoms with Crippen molar-refractivity contribution in [3.8, 4) is 0 Å². The van der Waals surface area contributed by atoms with Crippen molar-refractivity contribution in [2.24, 2.45) is 0 Å². The normalized spacial score (nSPS) is 12.6. The predicted molar refractivity (Wildman–Crippen MR) is 110 cm³/mol. The lowest BCUT2D eigenvalue weighted by atomic mass is 10.1. The van der Waals surface area contributed by atoms with Gasteiger partial charge in [-0.1, -0.05) is 42.5 Å². The molecule has 0 unspecified atom stereocenters. The first kappa shape index (κ1) is 20.0. The number of aliphatic carboxylic acids is 1. The lowest BCUT2D eigenvalue weighted by Crippen LogP contribution is -2.29. The molecule has 3 aromatic carbocycles. The minimum atomic E-state index is -1.18. The highest BCUT2D eigenvalue weighted by Crippen LogP contribution is 2.26. The molecular formula is C24H17N2O5-. The van der Waals surface area contributed by atoms with E-state index in [4.69, 9.17) is 0 Å². The molecule has 0 spiro atoms. The molecule has 4 rings (SSSR count). The Kier molecular flexibility index (Phi) is 5.32. The number of anilines is 1. The van der Waals surface area contributed by atoms with E-state index in [-0.39, 0.29) is 35.6 Å². The molecule has 7 heteroatoms. The van der Waals surface area contributed by atoms with E-state index < -0.39 is 17.8 Å². The van der Waals surface area contributed by atoms with Gasteiger partial charge in [-0.3, -0.25) is 19.3 Å². The van der Waals surface area contributed by atoms with Gasteiger partial charge in [0.1, 0.15) is 0 Å². The van der Waals surface area contributed by atoms with Crippen LogP contribution < -0.4 is 10.4 Å². The standard InChI is InChI=1S/C24H18N2O5/c27-21(28)12-15-6-9-18(10-7-15)25-22(29)17-8-11-19-20(13-17)24(31)26(23(19)30)14-16-4-2-1-3-5-16/h1-11,13H,12,14H2,(H,25,29)(H,27,28)/p-1. The number of hydrogen-bond donors (Lipinski definition) is 1. The van der Waals surface area contributed by atoms with Crippen LogP contribution in [0.3, 0.4) is 0 Å². The Morgan fingerprint density at radius 3 is 2.16 bits per heavy atom. The molecular weight excluding hydrogens is 396 g/mol. The number of carbonyl (C=O) groups is 4. The van der Waals surface area contributed by atoms with Crippen molar-refractivity contribution in [2.75, 3.05) is 5.32 Å². The zero-order valence-electron chi connectivity index (χ0n) is 16.3. The van der Waals surface area contributed by atoms with E-state index in [0.29, 0.717) is 11.3 Å². The average Bonchev–Trinajstić information content (AvgIpc) is 3.00. The van der Waals surface area contributed by atoms with Crippen LogP contribution in [0.5, 0.6) is 0 Å². The SMILES string of the molecule is O=C([O-])Cc1ccc(NC(=O)c2ccc3c(c2)C(=O)N(Cc2ccccc2)C3=O)cc1. The largest absolute Gasteiger partial charge is 0.550 e. The van der Waals surface area contributed by atoms with Gasteiger partial charge in [-0.15, -0.1) is 0 Å². The van der Waals surface area contributed by atoms with Gasteiger partial charge in [0.25, 0.3) is 17.7 Å². The summed E-state index contributed by atoms with van der Waals surface area (Å²) in [6, 6.07) is 19.9. The third kappa shape index (κ3) is 4.20. The molecule has 0 atom stereocenters. The molecule has 0 fully saturated rings. The van der Waals surface area contributed by atoms with Crippen LogP contribution in [0.4, 0.5) is 5.69 Å². The van der Waals surface area contributed by atoms with Crippen molar-refractivity contribution in [3.63, 3.8) is 0 Å². The summed E-state index contributed by atoms with van der Waals surface area (Å²) in [5, 5.41) is 13.3. The van der Waals surface area contributed by atoms with Crippen LogP contribution in [-0.4, -0.2) is 28.6 Å². The van der Waals surface area contributed by atoms with Crippen molar-refractivity contribution in [1.29, 1.82) is 0 Å². The van der Waals surface area contributed by atoms with Crippen molar-refractivity contribution in [3.05, 3.63) is 101 Å². The fourth-order valence-corrected chi connectivity index (χ4v) is 3.42. The molecule has 0 aromatic heterocycles. The van der Waals surface area contributed by atoms with Gasteiger partial charge in [-0.25, -0.2) is 0 Å². The Labute approximate surface area is 177 Å². The first-order valence-corrected chi connectivity index (χ1v) is 9.56. The Morgan fingerprint density at radius 2 is 1.48 bits per heavy atom. The van der Waals surface area contributed by atoms with Crippen LogP contribution >= 0.6 is 0 Å². The molecule has 0 aliphatic carbocycles. The van der Waals surface area contributed by atoms with Gasteiger partial charge in [-0.2, -0.15) is 0 Å². The molecule has 1 aliphatic heterocycles. The first-order chi connectivity index (χ1) is 14.9. The predicted octanol–water partition coefficient (Wildman–Crippen LogP) is 2.03. The summed E-state index contributed by atoms with van der Waals surface area (Å²) in [6.45, 7) is 0.160. The summed E-state index contributed by atoms with van der Waals surface area (Å²) < 4.78 is 0. The third-order valence-electron chi connectivity index (χ3n) is 4.98. The second kappa shape index (κ2) is 8.23. The topological polar surface area (TPSA) is 107 Å². The fraction of sp³-hybridized carbons (Fsp3) is 0.0833. The number of imide groups is 1. The maximum atomic E-state index is 12.8. The molecule has 3 aromatic rings. The van der Waals surface area contributed by atoms with E-state index in [1.807, 2.05) is 30.3 Å². The molecule has 3 amide bonds. The molecule has 1 aliphatic rings. The van der Waals surface area contributed by atoms with Gasteiger partial charge in [0.2, 0.25) is 0 Å². The van der Waals surface area contributed by atoms with Crippen LogP contribution in [-0.2, 0) is 17.8 Å². The molecule has 0 saturated carbocycles. The van der Waals surface area contributed by atoms with Crippen molar-refractivity contribution < 1.29 is 24.3 Å². The van der Waals surface area contributed by atoms with E-state index in [9.17, 15) is 24.3 Å². The average molecular weight is 413 g/mol. The summed E-state index contributed by atoms with van der Waals surface area (Å²) in [6.07, 6.45) is -0.214. The Bertz CT molecular complexity index is 1190. The Hall–Kier alpha value is -4.26. The number of carbonyl (C=O) groups excluding carboxylic acids is 4. The number of carboxylic acid groups (broad SMARTS) is 1. The zero-order chi connectivity index (χ0) is 22.0. The minimum Gasteiger partial charge on any atom is -0.550 e. The summed E-state index contributed by atoms with van der Waals surface area (Å²) in [5.41, 5.74) is 2.55. The van der Waals surface area contributed by atoms with Crippen molar-refractivity contribution in [2.45, 2.75) is 13.0 Å². The Balaban J connectivity index is 1.50. The van der Waals surface area contributed by atoms with E-state index in [1.54, 1.807) is 24.3 Å². The van der Waals surface area contributed by atoms with E-state index >= 15 is 0 Å². The molecule has 31 heavy (non-hydrogen) atoms. The zero-order valence-corrected chi connectivity index (χ0v) is 16.3. The maximum Gasteiger partial charge on any atom is 0.261 e. The fourth-order valence-electron chi connectivity index (χ4n) is 3.42. The second-order valence-corrected chi connectivity index (χ2v) is 7.14. The quantitative estimate of drug-likeness (QED) is 0.623. The van der Waals surface area contributed by atoms with Crippen molar-refractivity contribution >= 4 is 29.4 Å². The highest BCUT2D eigenvalue weighted by Gasteiger charge is 2.36. The molecule has 1 heterocycles. The number of nitrogens with zero attached hydrogens (tertiary/aromatic N) is 1. The molecule has 7 nitrogen and oxygen atoms in total. The number of rotatable bonds is 6. The van der Waals surface area contributed by atoms with E-state index in [1.165, 1.54) is 18.2 Å². The van der Waals surface area contributed by atoms with Crippen LogP contribution in [0.2, 0.25) is 0 Å². The van der Waals surface area contributed by atoms with Crippen LogP contribution in [0.1, 0.15) is 42.2 Å². The number of fused-ring (bicyclic) bond motifs is 1. The number of nitrogens with one attached hydrogen (secondary N) is 1. The van der Waals surface area contributed by atoms with E-state index in [2.05, 4.69) is 5.32 Å². The van der Waals surface area contributed by atoms with Gasteiger partial charge < -0.3 is 15.2 Å². The van der Waals surface area contributed by atoms with Gasteiger partial charge in [0.15, 0.2) is 0 Å². The van der Waals surface area contributed by atoms with E-state index in [0.717, 1.165) is 10.5 Å². The Morgan fingerprint density at radius 1 is 0.806 bits per heavy atom. The number of amides is 3. The van der Waals surface area contributed by atoms with Gasteiger partial charge in [0.05, 0.1) is 17.7 Å². The van der Waals surface area contributed by atoms with Gasteiger partial charge in [0, 0.05) is 23.6 Å². The van der Waals surface area contributed by atoms with Crippen LogP contribution in [0.15, 0.2) is 72.8 Å². The highest BCUT2D eigenvalue weighted by molar-refractivity contribution is 6.22. The maximum absolute atomic E-state index is 12.8. The summed E-state index contributed by atoms with van der Waals surface area (Å²) >= 11 is 0. The smallest absolute Gasteiger partial charge is 0.261 e. The summed E-state index contributed by atoms with van der Waals surface area (Å²) in [4.78, 5) is 49.9. The number of carboxylic acids is 1. The third-order valence-corrected chi connectivity index (χ3v) is 4.98. The lowest BCUT2D eigenvalue weighted by molar-refractivity contribution is -0.304. The minimum absolute atomic E-state index is 0.160. The van der Waals surface area contributed by atoms with Gasteiger partial charge >= 0.3 is 0 Å². The lowest BCUT2D eigenvalue weighted by Gasteiger charge is -2.13. The monoisotopic (exact) mass is 413 g/mol. The molecule has 1 N–H and O–H groups in total. The molecule has 0 bridgehead atoms. The second-order valence-electron chi connectivity index (χ2n) is 7.14. The number of benzene rings is 3. The molecule has 0 radical (unpaired) electrons. The van der Waals surface area contributed by atoms with Crippen LogP contribution in [0, 0.1) is 0 Å². The molecule has 154 valence electrons.